The van der Waals surface area contributed by atoms with Crippen LogP contribution in [0.1, 0.15) is 16.8 Å². The minimum Gasteiger partial charge on any atom is -0.491 e. The molecule has 1 aliphatic heterocycles. The maximum Gasteiger partial charge on any atom is 0.422 e. The summed E-state index contributed by atoms with van der Waals surface area (Å²) < 4.78 is 80.8. The molecule has 0 spiro atoms. The zero-order valence-electron chi connectivity index (χ0n) is 32.4. The third-order valence-electron chi connectivity index (χ3n) is 9.80. The first kappa shape index (κ1) is 42.5. The summed E-state index contributed by atoms with van der Waals surface area (Å²) in [4.78, 5) is 29.9. The van der Waals surface area contributed by atoms with E-state index in [0.717, 1.165) is 44.3 Å². The van der Waals surface area contributed by atoms with Gasteiger partial charge in [-0.15, -0.1) is 0 Å². The number of alkyl halides is 3. The van der Waals surface area contributed by atoms with Crippen LogP contribution in [-0.2, 0) is 17.8 Å². The van der Waals surface area contributed by atoms with Gasteiger partial charge in [-0.2, -0.15) is 22.5 Å². The van der Waals surface area contributed by atoms with Crippen molar-refractivity contribution < 1.29 is 46.4 Å². The molecule has 1 aliphatic rings. The van der Waals surface area contributed by atoms with E-state index in [1.165, 1.54) is 24.4 Å². The van der Waals surface area contributed by atoms with Gasteiger partial charge in [-0.1, -0.05) is 48.0 Å². The third kappa shape index (κ3) is 10.4. The Labute approximate surface area is 351 Å². The molecular weight excluding hydrogens is 828 g/mol. The summed E-state index contributed by atoms with van der Waals surface area (Å²) >= 11 is 8.06. The number of piperazine rings is 1. The number of carboxylic acid groups (broad SMARTS) is 1. The first-order chi connectivity index (χ1) is 28.8. The van der Waals surface area contributed by atoms with Crippen molar-refractivity contribution in [1.82, 2.24) is 29.1 Å². The number of para-hydroxylation sites is 1. The van der Waals surface area contributed by atoms with Gasteiger partial charge >= 0.3 is 18.2 Å². The first-order valence-electron chi connectivity index (χ1n) is 18.8. The van der Waals surface area contributed by atoms with E-state index in [4.69, 9.17) is 30.8 Å². The van der Waals surface area contributed by atoms with Gasteiger partial charge in [-0.05, 0) is 72.5 Å². The third-order valence-corrected chi connectivity index (χ3v) is 11.0. The van der Waals surface area contributed by atoms with Gasteiger partial charge in [0.15, 0.2) is 6.61 Å². The van der Waals surface area contributed by atoms with Crippen molar-refractivity contribution in [3.63, 3.8) is 0 Å². The van der Waals surface area contributed by atoms with E-state index >= 15 is 0 Å². The Morgan fingerprint density at radius 3 is 2.55 bits per heavy atom. The molecule has 1 N–H and O–H groups in total. The largest absolute Gasteiger partial charge is 0.491 e. The molecule has 1 fully saturated rings. The second-order valence-corrected chi connectivity index (χ2v) is 15.2. The van der Waals surface area contributed by atoms with Crippen LogP contribution in [0.2, 0.25) is 5.02 Å². The molecule has 3 aromatic carbocycles. The maximum atomic E-state index is 14.7. The van der Waals surface area contributed by atoms with Crippen molar-refractivity contribution in [3.8, 4) is 45.8 Å². The zero-order chi connectivity index (χ0) is 42.4. The van der Waals surface area contributed by atoms with E-state index in [1.54, 1.807) is 48.7 Å². The molecule has 4 heterocycles. The molecule has 18 heteroatoms. The number of ether oxygens (including phenoxy) is 4. The fourth-order valence-electron chi connectivity index (χ4n) is 6.66. The highest BCUT2D eigenvalue weighted by molar-refractivity contribution is 7.13. The summed E-state index contributed by atoms with van der Waals surface area (Å²) in [7, 11) is 2.10. The zero-order valence-corrected chi connectivity index (χ0v) is 34.0. The Balaban J connectivity index is 1.17. The van der Waals surface area contributed by atoms with Gasteiger partial charge in [0.2, 0.25) is 12.0 Å². The minimum absolute atomic E-state index is 0.0197. The summed E-state index contributed by atoms with van der Waals surface area (Å²) in [5.74, 6) is -0.944. The number of carbonyl (C=O) groups is 1. The van der Waals surface area contributed by atoms with Crippen molar-refractivity contribution in [3.05, 3.63) is 107 Å². The average Bonchev–Trinajstić information content (AvgIpc) is 3.64. The lowest BCUT2D eigenvalue weighted by molar-refractivity contribution is -0.154. The number of benzene rings is 3. The molecule has 7 rings (SSSR count). The quantitative estimate of drug-likeness (QED) is 0.0943. The van der Waals surface area contributed by atoms with Crippen LogP contribution in [-0.4, -0.2) is 105 Å². The summed E-state index contributed by atoms with van der Waals surface area (Å²) in [5.41, 5.74) is 3.36. The van der Waals surface area contributed by atoms with Crippen LogP contribution in [0.3, 0.4) is 0 Å². The number of fused-ring (bicyclic) bond motifs is 1. The summed E-state index contributed by atoms with van der Waals surface area (Å²) in [6.07, 6.45) is -3.38. The van der Waals surface area contributed by atoms with Gasteiger partial charge in [-0.25, -0.2) is 14.2 Å². The van der Waals surface area contributed by atoms with E-state index < -0.39 is 36.7 Å². The van der Waals surface area contributed by atoms with Gasteiger partial charge in [0, 0.05) is 62.7 Å². The Bertz CT molecular complexity index is 2470. The molecule has 6 aromatic rings. The van der Waals surface area contributed by atoms with Crippen molar-refractivity contribution in [2.45, 2.75) is 32.2 Å². The molecule has 0 aliphatic carbocycles. The van der Waals surface area contributed by atoms with Crippen molar-refractivity contribution in [1.29, 1.82) is 0 Å². The van der Waals surface area contributed by atoms with Gasteiger partial charge in [0.05, 0.1) is 26.5 Å². The Kier molecular flexibility index (Phi) is 13.3. The van der Waals surface area contributed by atoms with Gasteiger partial charge in [-0.3, -0.25) is 9.88 Å². The van der Waals surface area contributed by atoms with Crippen LogP contribution in [0.4, 0.5) is 17.6 Å². The topological polar surface area (TPSA) is 132 Å². The number of halogens is 5. The number of aromatic nitrogens is 4. The molecule has 60 heavy (non-hydrogen) atoms. The van der Waals surface area contributed by atoms with Crippen LogP contribution in [0.5, 0.6) is 23.4 Å². The second-order valence-electron chi connectivity index (χ2n) is 14.0. The Hall–Kier alpha value is -5.62. The van der Waals surface area contributed by atoms with Crippen LogP contribution in [0.25, 0.3) is 32.5 Å². The van der Waals surface area contributed by atoms with Gasteiger partial charge in [0.1, 0.15) is 30.5 Å². The molecule has 1 saturated heterocycles. The maximum absolute atomic E-state index is 14.7. The van der Waals surface area contributed by atoms with Crippen molar-refractivity contribution in [2.75, 3.05) is 53.0 Å². The van der Waals surface area contributed by atoms with Crippen LogP contribution < -0.4 is 18.9 Å². The molecule has 12 nitrogen and oxygen atoms in total. The molecule has 0 saturated carbocycles. The highest BCUT2D eigenvalue weighted by Gasteiger charge is 2.30. The first-order valence-corrected chi connectivity index (χ1v) is 20.0. The molecule has 0 bridgehead atoms. The smallest absolute Gasteiger partial charge is 0.422 e. The van der Waals surface area contributed by atoms with Crippen LogP contribution >= 0.6 is 23.1 Å². The fraction of sp³-hybridized carbons (Fsp3) is 0.310. The lowest BCUT2D eigenvalue weighted by Crippen LogP contribution is -2.45. The van der Waals surface area contributed by atoms with Gasteiger partial charge in [0.25, 0.3) is 0 Å². The second kappa shape index (κ2) is 18.8. The highest BCUT2D eigenvalue weighted by Crippen LogP contribution is 2.46. The predicted octanol–water partition coefficient (Wildman–Crippen LogP) is 8.14. The monoisotopic (exact) mass is 866 g/mol. The molecule has 1 atom stereocenters. The Morgan fingerprint density at radius 1 is 0.983 bits per heavy atom. The van der Waals surface area contributed by atoms with Crippen molar-refractivity contribution >= 4 is 39.2 Å². The molecule has 0 radical (unpaired) electrons. The molecular formula is C42H39ClF4N6O6S. The minimum atomic E-state index is -4.57. The summed E-state index contributed by atoms with van der Waals surface area (Å²) in [6.45, 7) is 5.17. The van der Waals surface area contributed by atoms with E-state index in [9.17, 15) is 27.5 Å². The number of pyridine rings is 1. The number of carboxylic acids is 1. The standard InChI is InChI=1S/C42H39ClF4N6O6S/c1-25-30(10-11-32(37(25)43)56-19-18-53-16-14-52(2)15-17-53)35-36-34(22-49-38(35)27-7-5-8-28(44)20-27)60-51-39(36)59-33(40(54)55)21-26-6-3-4-9-31(26)57-23-29-12-13-48-41(50-29)58-24-42(45,46)47/h3-13,20,22,33H,14-19,21,23-24H2,1-2H3,(H,54,55). The van der Waals surface area contributed by atoms with Gasteiger partial charge < -0.3 is 29.0 Å². The van der Waals surface area contributed by atoms with E-state index in [1.807, 2.05) is 13.0 Å². The molecule has 0 amide bonds. The lowest BCUT2D eigenvalue weighted by Gasteiger charge is -2.32. The van der Waals surface area contributed by atoms with E-state index in [-0.39, 0.29) is 24.6 Å². The average molecular weight is 867 g/mol. The number of nitrogens with zero attached hydrogens (tertiary/aromatic N) is 6. The number of aliphatic carboxylic acids is 1. The number of rotatable bonds is 16. The van der Waals surface area contributed by atoms with E-state index in [0.29, 0.717) is 66.7 Å². The van der Waals surface area contributed by atoms with Crippen LogP contribution in [0, 0.1) is 12.7 Å². The number of hydrogen-bond donors (Lipinski definition) is 1. The van der Waals surface area contributed by atoms with Crippen LogP contribution in [0.15, 0.2) is 79.1 Å². The van der Waals surface area contributed by atoms with E-state index in [2.05, 4.69) is 35.9 Å². The lowest BCUT2D eigenvalue weighted by atomic mass is 9.93. The molecule has 1 unspecified atom stereocenters. The predicted molar refractivity (Wildman–Crippen MR) is 218 cm³/mol. The SMILES string of the molecule is Cc1c(-c2c(-c3cccc(F)c3)ncc3snc(OC(Cc4ccccc4OCc4ccnc(OCC(F)(F)F)n4)C(=O)O)c23)ccc(OCCN2CCN(C)CC2)c1Cl. The summed E-state index contributed by atoms with van der Waals surface area (Å²) in [6, 6.07) is 17.3. The fourth-order valence-corrected chi connectivity index (χ4v) is 7.57. The van der Waals surface area contributed by atoms with Crippen molar-refractivity contribution in [2.24, 2.45) is 0 Å². The number of likely N-dealkylation sites (N-methyl/N-ethyl adjacent to an activating group) is 1. The normalized spacial score (nSPS) is 14.2. The highest BCUT2D eigenvalue weighted by atomic mass is 35.5. The Morgan fingerprint density at radius 2 is 1.78 bits per heavy atom. The molecule has 314 valence electrons. The number of hydrogen-bond acceptors (Lipinski definition) is 12. The molecule has 3 aromatic heterocycles. The summed E-state index contributed by atoms with van der Waals surface area (Å²) in [5, 5.41) is 11.3.